The maximum atomic E-state index is 12.3. The predicted octanol–water partition coefficient (Wildman–Crippen LogP) is 1.76. The van der Waals surface area contributed by atoms with Crippen molar-refractivity contribution >= 4 is 11.6 Å². The van der Waals surface area contributed by atoms with Gasteiger partial charge in [-0.05, 0) is 12.1 Å². The Balaban J connectivity index is 2.15. The fraction of sp³-hybridized carbons (Fsp3) is 0.286. The fourth-order valence-corrected chi connectivity index (χ4v) is 1.82. The first kappa shape index (κ1) is 14.9. The lowest BCUT2D eigenvalue weighted by atomic mass is 10.1. The molecule has 0 aliphatic rings. The van der Waals surface area contributed by atoms with E-state index >= 15 is 0 Å². The van der Waals surface area contributed by atoms with Crippen LogP contribution in [-0.4, -0.2) is 37.0 Å². The first-order valence-electron chi connectivity index (χ1n) is 6.22. The van der Waals surface area contributed by atoms with Crippen LogP contribution in [0.3, 0.4) is 0 Å². The molecule has 0 atom stereocenters. The van der Waals surface area contributed by atoms with Crippen LogP contribution >= 0.6 is 0 Å². The van der Waals surface area contributed by atoms with E-state index in [4.69, 9.17) is 14.2 Å². The van der Waals surface area contributed by atoms with Gasteiger partial charge in [-0.1, -0.05) is 0 Å². The van der Waals surface area contributed by atoms with E-state index in [0.717, 1.165) is 0 Å². The summed E-state index contributed by atoms with van der Waals surface area (Å²) in [4.78, 5) is 12.3. The summed E-state index contributed by atoms with van der Waals surface area (Å²) in [7, 11) is 4.63. The Morgan fingerprint density at radius 2 is 2.10 bits per heavy atom. The first-order valence-corrected chi connectivity index (χ1v) is 6.22. The largest absolute Gasteiger partial charge is 0.497 e. The van der Waals surface area contributed by atoms with E-state index in [0.29, 0.717) is 29.5 Å². The third kappa shape index (κ3) is 3.51. The van der Waals surface area contributed by atoms with Gasteiger partial charge in [0.1, 0.15) is 18.2 Å². The number of carbonyl (C=O) groups is 1. The number of ether oxygens (including phenoxy) is 3. The zero-order chi connectivity index (χ0) is 15.2. The molecule has 7 heteroatoms. The van der Waals surface area contributed by atoms with E-state index < -0.39 is 0 Å². The molecule has 7 nitrogen and oxygen atoms in total. The van der Waals surface area contributed by atoms with Crippen LogP contribution in [0.15, 0.2) is 30.6 Å². The highest BCUT2D eigenvalue weighted by Gasteiger charge is 2.14. The molecule has 1 amide bonds. The van der Waals surface area contributed by atoms with Crippen molar-refractivity contribution < 1.29 is 19.0 Å². The summed E-state index contributed by atoms with van der Waals surface area (Å²) in [5.41, 5.74) is 0.993. The summed E-state index contributed by atoms with van der Waals surface area (Å²) >= 11 is 0. The number of methoxy groups -OCH3 is 3. The molecule has 112 valence electrons. The maximum Gasteiger partial charge on any atom is 0.259 e. The van der Waals surface area contributed by atoms with Gasteiger partial charge in [0.25, 0.3) is 5.91 Å². The molecule has 0 saturated carbocycles. The molecule has 0 bridgehead atoms. The zero-order valence-electron chi connectivity index (χ0n) is 12.1. The number of hydrogen-bond acceptors (Lipinski definition) is 5. The average molecular weight is 291 g/mol. The van der Waals surface area contributed by atoms with Crippen molar-refractivity contribution in [3.8, 4) is 11.5 Å². The smallest absolute Gasteiger partial charge is 0.259 e. The van der Waals surface area contributed by atoms with Gasteiger partial charge in [0.05, 0.1) is 37.9 Å². The van der Waals surface area contributed by atoms with E-state index in [9.17, 15) is 4.79 Å². The second kappa shape index (κ2) is 6.76. The van der Waals surface area contributed by atoms with Crippen LogP contribution in [0.4, 0.5) is 5.69 Å². The van der Waals surface area contributed by atoms with Crippen LogP contribution < -0.4 is 14.8 Å². The van der Waals surface area contributed by atoms with Gasteiger partial charge >= 0.3 is 0 Å². The van der Waals surface area contributed by atoms with Crippen molar-refractivity contribution in [3.05, 3.63) is 36.2 Å². The lowest BCUT2D eigenvalue weighted by Crippen LogP contribution is -2.13. The number of aromatic nitrogens is 2. The van der Waals surface area contributed by atoms with Crippen molar-refractivity contribution in [2.45, 2.75) is 6.73 Å². The molecule has 1 aromatic carbocycles. The fourth-order valence-electron chi connectivity index (χ4n) is 1.82. The second-order valence-electron chi connectivity index (χ2n) is 4.21. The Bertz CT molecular complexity index is 624. The minimum atomic E-state index is -0.286. The Kier molecular flexibility index (Phi) is 4.78. The number of benzene rings is 1. The first-order chi connectivity index (χ1) is 10.2. The standard InChI is InChI=1S/C14H17N3O4/c1-19-9-17-8-10(7-15-17)16-14(18)12-5-4-11(20-2)6-13(12)21-3/h4-8H,9H2,1-3H3,(H,16,18). The predicted molar refractivity (Wildman–Crippen MR) is 76.7 cm³/mol. The summed E-state index contributed by atoms with van der Waals surface area (Å²) in [5.74, 6) is 0.777. The minimum absolute atomic E-state index is 0.286. The molecule has 2 rings (SSSR count). The Labute approximate surface area is 122 Å². The molecule has 2 aromatic rings. The van der Waals surface area contributed by atoms with Crippen LogP contribution in [-0.2, 0) is 11.5 Å². The van der Waals surface area contributed by atoms with Gasteiger partial charge in [0, 0.05) is 13.2 Å². The van der Waals surface area contributed by atoms with Crippen LogP contribution in [0.5, 0.6) is 11.5 Å². The highest BCUT2D eigenvalue weighted by Crippen LogP contribution is 2.25. The van der Waals surface area contributed by atoms with Crippen molar-refractivity contribution in [1.29, 1.82) is 0 Å². The number of nitrogens with zero attached hydrogens (tertiary/aromatic N) is 2. The summed E-state index contributed by atoms with van der Waals surface area (Å²) in [6.07, 6.45) is 3.23. The molecule has 0 saturated heterocycles. The third-order valence-corrected chi connectivity index (χ3v) is 2.81. The minimum Gasteiger partial charge on any atom is -0.497 e. The van der Waals surface area contributed by atoms with E-state index in [-0.39, 0.29) is 5.91 Å². The Hall–Kier alpha value is -2.54. The topological polar surface area (TPSA) is 74.6 Å². The van der Waals surface area contributed by atoms with Gasteiger partial charge in [-0.2, -0.15) is 5.10 Å². The van der Waals surface area contributed by atoms with Crippen LogP contribution in [0.25, 0.3) is 0 Å². The highest BCUT2D eigenvalue weighted by molar-refractivity contribution is 6.06. The second-order valence-corrected chi connectivity index (χ2v) is 4.21. The molecule has 1 N–H and O–H groups in total. The lowest BCUT2D eigenvalue weighted by molar-refractivity contribution is 0.102. The number of anilines is 1. The van der Waals surface area contributed by atoms with Gasteiger partial charge in [-0.25, -0.2) is 4.68 Å². The molecule has 0 aliphatic heterocycles. The van der Waals surface area contributed by atoms with Crippen molar-refractivity contribution in [2.24, 2.45) is 0 Å². The molecule has 0 spiro atoms. The molecule has 21 heavy (non-hydrogen) atoms. The molecule has 1 aromatic heterocycles. The van der Waals surface area contributed by atoms with Gasteiger partial charge in [-0.15, -0.1) is 0 Å². The van der Waals surface area contributed by atoms with E-state index in [1.807, 2.05) is 0 Å². The molecule has 0 unspecified atom stereocenters. The average Bonchev–Trinajstić information content (AvgIpc) is 2.94. The van der Waals surface area contributed by atoms with Crippen molar-refractivity contribution in [3.63, 3.8) is 0 Å². The van der Waals surface area contributed by atoms with E-state index in [1.54, 1.807) is 49.5 Å². The Morgan fingerprint density at radius 3 is 2.76 bits per heavy atom. The number of hydrogen-bond donors (Lipinski definition) is 1. The van der Waals surface area contributed by atoms with Gasteiger partial charge in [0.15, 0.2) is 0 Å². The summed E-state index contributed by atoms with van der Waals surface area (Å²) in [6, 6.07) is 5.00. The van der Waals surface area contributed by atoms with Gasteiger partial charge < -0.3 is 19.5 Å². The third-order valence-electron chi connectivity index (χ3n) is 2.81. The highest BCUT2D eigenvalue weighted by atomic mass is 16.5. The number of rotatable bonds is 6. The molecular formula is C14H17N3O4. The molecular weight excluding hydrogens is 274 g/mol. The monoisotopic (exact) mass is 291 g/mol. The van der Waals surface area contributed by atoms with Crippen LogP contribution in [0.1, 0.15) is 10.4 Å². The molecule has 0 fully saturated rings. The lowest BCUT2D eigenvalue weighted by Gasteiger charge is -2.09. The Morgan fingerprint density at radius 1 is 1.29 bits per heavy atom. The summed E-state index contributed by atoms with van der Waals surface area (Å²) in [5, 5.41) is 6.80. The molecule has 0 aliphatic carbocycles. The number of carbonyl (C=O) groups excluding carboxylic acids is 1. The number of nitrogens with one attached hydrogen (secondary N) is 1. The summed E-state index contributed by atoms with van der Waals surface area (Å²) in [6.45, 7) is 0.321. The summed E-state index contributed by atoms with van der Waals surface area (Å²) < 4.78 is 16.8. The van der Waals surface area contributed by atoms with E-state index in [2.05, 4.69) is 10.4 Å². The maximum absolute atomic E-state index is 12.3. The van der Waals surface area contributed by atoms with Crippen molar-refractivity contribution in [2.75, 3.05) is 26.6 Å². The van der Waals surface area contributed by atoms with E-state index in [1.165, 1.54) is 7.11 Å². The normalized spacial score (nSPS) is 10.2. The zero-order valence-corrected chi connectivity index (χ0v) is 12.1. The van der Waals surface area contributed by atoms with Gasteiger partial charge in [0.2, 0.25) is 0 Å². The van der Waals surface area contributed by atoms with Crippen LogP contribution in [0, 0.1) is 0 Å². The number of amides is 1. The quantitative estimate of drug-likeness (QED) is 0.877. The van der Waals surface area contributed by atoms with Crippen molar-refractivity contribution in [1.82, 2.24) is 9.78 Å². The molecule has 0 radical (unpaired) electrons. The SMILES string of the molecule is COCn1cc(NC(=O)c2ccc(OC)cc2OC)cn1. The van der Waals surface area contributed by atoms with Gasteiger partial charge in [-0.3, -0.25) is 4.79 Å². The molecule has 1 heterocycles. The van der Waals surface area contributed by atoms with Crippen LogP contribution in [0.2, 0.25) is 0 Å².